The molecule has 0 bridgehead atoms. The minimum Gasteiger partial charge on any atom is -0.384 e. The van der Waals surface area contributed by atoms with E-state index in [1.54, 1.807) is 6.92 Å². The van der Waals surface area contributed by atoms with Crippen LogP contribution in [0.1, 0.15) is 53.3 Å². The van der Waals surface area contributed by atoms with E-state index in [0.29, 0.717) is 12.8 Å². The smallest absolute Gasteiger partial charge is 0.264 e. The average molecular weight is 444 g/mol. The first-order valence-electron chi connectivity index (χ1n) is 9.62. The number of carbonyl (C=O) groups excluding carboxylic acids is 3. The Hall–Kier alpha value is -3.47. The summed E-state index contributed by atoms with van der Waals surface area (Å²) in [6.07, 6.45) is 3.01. The number of nitrogen functional groups attached to an aromatic ring is 1. The van der Waals surface area contributed by atoms with Gasteiger partial charge in [0, 0.05) is 11.5 Å². The van der Waals surface area contributed by atoms with E-state index in [-0.39, 0.29) is 27.5 Å². The fourth-order valence-electron chi connectivity index (χ4n) is 4.01. The summed E-state index contributed by atoms with van der Waals surface area (Å²) in [6.45, 7) is 1.75. The zero-order valence-electron chi connectivity index (χ0n) is 16.6. The molecule has 1 aliphatic heterocycles. The Morgan fingerprint density at radius 2 is 1.71 bits per heavy atom. The molecular formula is C20H20N4O6S. The molecule has 0 radical (unpaired) electrons. The van der Waals surface area contributed by atoms with Crippen LogP contribution >= 0.6 is 0 Å². The molecule has 11 heteroatoms. The standard InChI is InChI=1S/C20H20N4O6S/c1-20(8-2-3-9-20)19(28)23-31(29,30)12-6-4-11(5-7-12)24-14(25)10-13-15(16(24)21)18(27)22-17(13)26/h4-7,10H,2-3,8-9,21H2,1H3,(H,23,28)(H,22,26,27). The first-order chi connectivity index (χ1) is 14.5. The maximum atomic E-state index is 12.6. The van der Waals surface area contributed by atoms with Gasteiger partial charge < -0.3 is 5.73 Å². The van der Waals surface area contributed by atoms with Gasteiger partial charge in [-0.25, -0.2) is 13.1 Å². The molecule has 2 aliphatic rings. The lowest BCUT2D eigenvalue weighted by Gasteiger charge is -2.22. The van der Waals surface area contributed by atoms with Crippen LogP contribution in [-0.2, 0) is 14.8 Å². The van der Waals surface area contributed by atoms with Crippen LogP contribution in [0.4, 0.5) is 5.82 Å². The van der Waals surface area contributed by atoms with Crippen LogP contribution < -0.4 is 21.3 Å². The number of pyridine rings is 1. The summed E-state index contributed by atoms with van der Waals surface area (Å²) in [5, 5.41) is 2.07. The van der Waals surface area contributed by atoms with Gasteiger partial charge in [-0.2, -0.15) is 0 Å². The van der Waals surface area contributed by atoms with Gasteiger partial charge in [0.05, 0.1) is 21.7 Å². The Morgan fingerprint density at radius 3 is 2.32 bits per heavy atom. The molecule has 1 fully saturated rings. The van der Waals surface area contributed by atoms with Crippen LogP contribution in [0.3, 0.4) is 0 Å². The number of nitrogens with zero attached hydrogens (tertiary/aromatic N) is 1. The first kappa shape index (κ1) is 20.8. The number of benzene rings is 1. The fraction of sp³-hybridized carbons (Fsp3) is 0.300. The van der Waals surface area contributed by atoms with Crippen molar-refractivity contribution in [2.24, 2.45) is 5.41 Å². The van der Waals surface area contributed by atoms with E-state index in [9.17, 15) is 27.6 Å². The van der Waals surface area contributed by atoms with Crippen molar-refractivity contribution in [1.82, 2.24) is 14.6 Å². The third kappa shape index (κ3) is 3.40. The quantitative estimate of drug-likeness (QED) is 0.585. The molecule has 10 nitrogen and oxygen atoms in total. The van der Waals surface area contributed by atoms with Gasteiger partial charge in [-0.3, -0.25) is 29.1 Å². The molecule has 0 atom stereocenters. The zero-order valence-corrected chi connectivity index (χ0v) is 17.4. The molecule has 4 N–H and O–H groups in total. The summed E-state index contributed by atoms with van der Waals surface area (Å²) < 4.78 is 28.4. The van der Waals surface area contributed by atoms with Crippen molar-refractivity contribution >= 4 is 33.6 Å². The number of hydrogen-bond donors (Lipinski definition) is 3. The number of aromatic nitrogens is 1. The van der Waals surface area contributed by atoms with E-state index in [4.69, 9.17) is 5.73 Å². The number of amides is 3. The lowest BCUT2D eigenvalue weighted by molar-refractivity contribution is -0.127. The van der Waals surface area contributed by atoms with Crippen LogP contribution in [0, 0.1) is 5.41 Å². The van der Waals surface area contributed by atoms with Gasteiger partial charge in [-0.05, 0) is 37.1 Å². The summed E-state index contributed by atoms with van der Waals surface area (Å²) in [5.74, 6) is -2.19. The summed E-state index contributed by atoms with van der Waals surface area (Å²) in [6, 6.07) is 6.11. The third-order valence-electron chi connectivity index (χ3n) is 5.84. The van der Waals surface area contributed by atoms with Crippen LogP contribution in [0.15, 0.2) is 40.0 Å². The molecule has 1 aromatic carbocycles. The molecule has 2 heterocycles. The minimum atomic E-state index is -4.11. The molecule has 3 amide bonds. The highest BCUT2D eigenvalue weighted by atomic mass is 32.2. The average Bonchev–Trinajstić information content (AvgIpc) is 3.26. The summed E-state index contributed by atoms with van der Waals surface area (Å²) in [5.41, 5.74) is 4.59. The Balaban J connectivity index is 1.66. The highest BCUT2D eigenvalue weighted by molar-refractivity contribution is 7.90. The number of nitrogens with two attached hydrogens (primary N) is 1. The predicted octanol–water partition coefficient (Wildman–Crippen LogP) is 0.688. The van der Waals surface area contributed by atoms with Gasteiger partial charge in [0.15, 0.2) is 0 Å². The molecule has 4 rings (SSSR count). The molecule has 31 heavy (non-hydrogen) atoms. The lowest BCUT2D eigenvalue weighted by Crippen LogP contribution is -2.40. The number of sulfonamides is 1. The Labute approximate surface area is 177 Å². The topological polar surface area (TPSA) is 157 Å². The van der Waals surface area contributed by atoms with Gasteiger partial charge in [0.2, 0.25) is 5.91 Å². The van der Waals surface area contributed by atoms with Crippen LogP contribution in [0.25, 0.3) is 5.69 Å². The van der Waals surface area contributed by atoms with Crippen molar-refractivity contribution in [3.63, 3.8) is 0 Å². The van der Waals surface area contributed by atoms with Crippen molar-refractivity contribution in [2.45, 2.75) is 37.5 Å². The summed E-state index contributed by atoms with van der Waals surface area (Å²) in [4.78, 5) is 48.5. The van der Waals surface area contributed by atoms with Crippen molar-refractivity contribution in [1.29, 1.82) is 0 Å². The fourth-order valence-corrected chi connectivity index (χ4v) is 5.11. The molecular weight excluding hydrogens is 424 g/mol. The lowest BCUT2D eigenvalue weighted by atomic mass is 9.88. The second kappa shape index (κ2) is 7.05. The van der Waals surface area contributed by atoms with Gasteiger partial charge in [-0.1, -0.05) is 19.8 Å². The number of anilines is 1. The van der Waals surface area contributed by atoms with Crippen molar-refractivity contribution in [2.75, 3.05) is 5.73 Å². The van der Waals surface area contributed by atoms with Gasteiger partial charge >= 0.3 is 0 Å². The second-order valence-corrected chi connectivity index (χ2v) is 9.65. The van der Waals surface area contributed by atoms with E-state index in [1.807, 2.05) is 0 Å². The summed E-state index contributed by atoms with van der Waals surface area (Å²) in [7, 11) is -4.11. The number of hydrogen-bond acceptors (Lipinski definition) is 7. The zero-order chi connectivity index (χ0) is 22.6. The molecule has 0 saturated heterocycles. The predicted molar refractivity (Wildman–Crippen MR) is 110 cm³/mol. The van der Waals surface area contributed by atoms with E-state index < -0.39 is 38.7 Å². The Morgan fingerprint density at radius 1 is 1.10 bits per heavy atom. The van der Waals surface area contributed by atoms with Crippen molar-refractivity contribution in [3.8, 4) is 5.69 Å². The summed E-state index contributed by atoms with van der Waals surface area (Å²) >= 11 is 0. The van der Waals surface area contributed by atoms with E-state index >= 15 is 0 Å². The van der Waals surface area contributed by atoms with Crippen LogP contribution in [-0.4, -0.2) is 30.7 Å². The van der Waals surface area contributed by atoms with Crippen LogP contribution in [0.5, 0.6) is 0 Å². The van der Waals surface area contributed by atoms with Crippen molar-refractivity contribution in [3.05, 3.63) is 51.8 Å². The number of carbonyl (C=O) groups is 3. The van der Waals surface area contributed by atoms with E-state index in [1.165, 1.54) is 24.3 Å². The normalized spacial score (nSPS) is 17.3. The van der Waals surface area contributed by atoms with Crippen LogP contribution in [0.2, 0.25) is 0 Å². The largest absolute Gasteiger partial charge is 0.384 e. The first-order valence-corrected chi connectivity index (χ1v) is 11.1. The van der Waals surface area contributed by atoms with Gasteiger partial charge in [0.25, 0.3) is 27.4 Å². The SMILES string of the molecule is CC1(C(=O)NS(=O)(=O)c2ccc(-n3c(N)c4c(cc3=O)C(=O)NC4=O)cc2)CCCC1. The molecule has 1 saturated carbocycles. The molecule has 162 valence electrons. The van der Waals surface area contributed by atoms with Crippen molar-refractivity contribution < 1.29 is 22.8 Å². The highest BCUT2D eigenvalue weighted by Crippen LogP contribution is 2.38. The number of nitrogens with one attached hydrogen (secondary N) is 2. The Kier molecular flexibility index (Phi) is 4.73. The molecule has 2 aromatic rings. The number of rotatable bonds is 4. The maximum absolute atomic E-state index is 12.6. The third-order valence-corrected chi connectivity index (χ3v) is 7.19. The molecule has 0 unspecified atom stereocenters. The van der Waals surface area contributed by atoms with E-state index in [0.717, 1.165) is 23.5 Å². The Bertz CT molecular complexity index is 1290. The highest BCUT2D eigenvalue weighted by Gasteiger charge is 2.38. The minimum absolute atomic E-state index is 0.105. The van der Waals surface area contributed by atoms with Gasteiger partial charge in [-0.15, -0.1) is 0 Å². The monoisotopic (exact) mass is 444 g/mol. The second-order valence-electron chi connectivity index (χ2n) is 7.97. The molecule has 1 aromatic heterocycles. The number of imide groups is 1. The van der Waals surface area contributed by atoms with E-state index in [2.05, 4.69) is 10.0 Å². The van der Waals surface area contributed by atoms with Gasteiger partial charge in [0.1, 0.15) is 5.82 Å². The number of fused-ring (bicyclic) bond motifs is 1. The molecule has 1 aliphatic carbocycles. The molecule has 0 spiro atoms. The maximum Gasteiger partial charge on any atom is 0.264 e.